The molecule has 0 fully saturated rings. The van der Waals surface area contributed by atoms with Crippen molar-refractivity contribution in [3.05, 3.63) is 0 Å². The first-order valence-electron chi connectivity index (χ1n) is 12.1. The van der Waals surface area contributed by atoms with E-state index in [9.17, 15) is 0 Å². The van der Waals surface area contributed by atoms with Crippen molar-refractivity contribution >= 4 is 0 Å². The van der Waals surface area contributed by atoms with Gasteiger partial charge in [0.15, 0.2) is 0 Å². The van der Waals surface area contributed by atoms with Crippen LogP contribution in [-0.2, 0) is 14.2 Å². The first kappa shape index (κ1) is 26.9. The SMILES string of the molecule is CCCCCCCCOCCCCOCCCCOCCCCCCCC. The molecule has 0 aliphatic heterocycles. The molecule has 0 unspecified atom stereocenters. The van der Waals surface area contributed by atoms with Crippen molar-refractivity contribution in [2.75, 3.05) is 39.6 Å². The smallest absolute Gasteiger partial charge is 0.0466 e. The quantitative estimate of drug-likeness (QED) is 0.163. The fourth-order valence-corrected chi connectivity index (χ4v) is 3.09. The normalized spacial score (nSPS) is 11.3. The highest BCUT2D eigenvalue weighted by atomic mass is 16.5. The van der Waals surface area contributed by atoms with Crippen molar-refractivity contribution in [3.8, 4) is 0 Å². The van der Waals surface area contributed by atoms with Crippen LogP contribution in [0.3, 0.4) is 0 Å². The molecular formula is C24H50O3. The Kier molecular flexibility index (Phi) is 25.8. The van der Waals surface area contributed by atoms with Crippen LogP contribution in [0.25, 0.3) is 0 Å². The maximum atomic E-state index is 5.69. The van der Waals surface area contributed by atoms with E-state index < -0.39 is 0 Å². The number of rotatable bonds is 24. The second-order valence-corrected chi connectivity index (χ2v) is 7.79. The first-order chi connectivity index (χ1) is 13.4. The van der Waals surface area contributed by atoms with Crippen LogP contribution in [0.15, 0.2) is 0 Å². The average molecular weight is 387 g/mol. The van der Waals surface area contributed by atoms with Gasteiger partial charge in [-0.15, -0.1) is 0 Å². The lowest BCUT2D eigenvalue weighted by Gasteiger charge is -2.06. The minimum atomic E-state index is 0.874. The molecule has 0 atom stereocenters. The van der Waals surface area contributed by atoms with E-state index in [2.05, 4.69) is 13.8 Å². The van der Waals surface area contributed by atoms with E-state index in [1.807, 2.05) is 0 Å². The average Bonchev–Trinajstić information content (AvgIpc) is 2.68. The van der Waals surface area contributed by atoms with Crippen molar-refractivity contribution in [2.45, 2.75) is 117 Å². The van der Waals surface area contributed by atoms with E-state index in [-0.39, 0.29) is 0 Å². The summed E-state index contributed by atoms with van der Waals surface area (Å²) in [5.41, 5.74) is 0. The fraction of sp³-hybridized carbons (Fsp3) is 1.00. The van der Waals surface area contributed by atoms with Gasteiger partial charge in [0.1, 0.15) is 0 Å². The second-order valence-electron chi connectivity index (χ2n) is 7.79. The van der Waals surface area contributed by atoms with Crippen LogP contribution >= 0.6 is 0 Å². The standard InChI is InChI=1S/C24H50O3/c1-3-5-7-9-11-13-19-25-21-15-17-23-27-24-18-16-22-26-20-14-12-10-8-6-4-2/h3-24H2,1-2H3. The van der Waals surface area contributed by atoms with E-state index in [0.717, 1.165) is 65.3 Å². The highest BCUT2D eigenvalue weighted by Gasteiger charge is 1.95. The molecule has 0 saturated carbocycles. The van der Waals surface area contributed by atoms with Crippen LogP contribution in [0.4, 0.5) is 0 Å². The van der Waals surface area contributed by atoms with Gasteiger partial charge >= 0.3 is 0 Å². The Morgan fingerprint density at radius 3 is 0.815 bits per heavy atom. The molecule has 0 saturated heterocycles. The molecule has 0 spiro atoms. The summed E-state index contributed by atoms with van der Waals surface area (Å²) in [5.74, 6) is 0. The van der Waals surface area contributed by atoms with Crippen LogP contribution in [0.1, 0.15) is 117 Å². The molecule has 27 heavy (non-hydrogen) atoms. The van der Waals surface area contributed by atoms with Crippen LogP contribution in [-0.4, -0.2) is 39.6 Å². The van der Waals surface area contributed by atoms with Crippen LogP contribution in [0, 0.1) is 0 Å². The van der Waals surface area contributed by atoms with Crippen molar-refractivity contribution in [1.29, 1.82) is 0 Å². The molecule has 3 nitrogen and oxygen atoms in total. The first-order valence-corrected chi connectivity index (χ1v) is 12.1. The summed E-state index contributed by atoms with van der Waals surface area (Å²) in [6, 6.07) is 0. The molecule has 0 bridgehead atoms. The summed E-state index contributed by atoms with van der Waals surface area (Å²) >= 11 is 0. The van der Waals surface area contributed by atoms with Crippen molar-refractivity contribution in [2.24, 2.45) is 0 Å². The Hall–Kier alpha value is -0.120. The molecule has 0 aliphatic rings. The molecule has 0 heterocycles. The van der Waals surface area contributed by atoms with Gasteiger partial charge in [-0.2, -0.15) is 0 Å². The third kappa shape index (κ3) is 25.9. The molecule has 3 heteroatoms. The molecule has 0 aliphatic carbocycles. The van der Waals surface area contributed by atoms with E-state index >= 15 is 0 Å². The van der Waals surface area contributed by atoms with Gasteiger partial charge in [-0.3, -0.25) is 0 Å². The summed E-state index contributed by atoms with van der Waals surface area (Å²) in [6.07, 6.45) is 20.5. The monoisotopic (exact) mass is 386 g/mol. The maximum Gasteiger partial charge on any atom is 0.0466 e. The Bertz CT molecular complexity index is 222. The third-order valence-corrected chi connectivity index (χ3v) is 4.94. The summed E-state index contributed by atoms with van der Waals surface area (Å²) in [4.78, 5) is 0. The van der Waals surface area contributed by atoms with Crippen LogP contribution < -0.4 is 0 Å². The predicted molar refractivity (Wildman–Crippen MR) is 118 cm³/mol. The Morgan fingerprint density at radius 2 is 0.519 bits per heavy atom. The van der Waals surface area contributed by atoms with Gasteiger partial charge in [0, 0.05) is 39.6 Å². The van der Waals surface area contributed by atoms with E-state index in [4.69, 9.17) is 14.2 Å². The number of ether oxygens (including phenoxy) is 3. The summed E-state index contributed by atoms with van der Waals surface area (Å²) in [6.45, 7) is 9.93. The predicted octanol–water partition coefficient (Wildman–Crippen LogP) is 7.32. The van der Waals surface area contributed by atoms with E-state index in [0.29, 0.717) is 0 Å². The van der Waals surface area contributed by atoms with Gasteiger partial charge in [-0.25, -0.2) is 0 Å². The number of unbranched alkanes of at least 4 members (excludes halogenated alkanes) is 12. The zero-order valence-corrected chi connectivity index (χ0v) is 18.8. The third-order valence-electron chi connectivity index (χ3n) is 4.94. The van der Waals surface area contributed by atoms with Gasteiger partial charge in [0.2, 0.25) is 0 Å². The van der Waals surface area contributed by atoms with E-state index in [1.54, 1.807) is 0 Å². The van der Waals surface area contributed by atoms with Gasteiger partial charge < -0.3 is 14.2 Å². The summed E-state index contributed by atoms with van der Waals surface area (Å²) in [5, 5.41) is 0. The van der Waals surface area contributed by atoms with Crippen molar-refractivity contribution < 1.29 is 14.2 Å². The Labute approximate surface area is 170 Å². The second kappa shape index (κ2) is 25.9. The van der Waals surface area contributed by atoms with Crippen molar-refractivity contribution in [3.63, 3.8) is 0 Å². The zero-order chi connectivity index (χ0) is 19.7. The molecule has 164 valence electrons. The molecule has 0 N–H and O–H groups in total. The largest absolute Gasteiger partial charge is 0.381 e. The minimum absolute atomic E-state index is 0.874. The molecule has 0 radical (unpaired) electrons. The number of hydrogen-bond acceptors (Lipinski definition) is 3. The molecule has 0 aromatic rings. The van der Waals surface area contributed by atoms with E-state index in [1.165, 1.54) is 77.0 Å². The molecule has 0 aromatic heterocycles. The lowest BCUT2D eigenvalue weighted by Crippen LogP contribution is -2.03. The molecule has 0 amide bonds. The zero-order valence-electron chi connectivity index (χ0n) is 18.8. The van der Waals surface area contributed by atoms with Gasteiger partial charge in [0.25, 0.3) is 0 Å². The van der Waals surface area contributed by atoms with Crippen molar-refractivity contribution in [1.82, 2.24) is 0 Å². The summed E-state index contributed by atoms with van der Waals surface area (Å²) in [7, 11) is 0. The highest BCUT2D eigenvalue weighted by molar-refractivity contribution is 4.46. The lowest BCUT2D eigenvalue weighted by atomic mass is 10.1. The minimum Gasteiger partial charge on any atom is -0.381 e. The molecule has 0 rings (SSSR count). The van der Waals surface area contributed by atoms with Crippen LogP contribution in [0.2, 0.25) is 0 Å². The van der Waals surface area contributed by atoms with Crippen LogP contribution in [0.5, 0.6) is 0 Å². The molecule has 0 aromatic carbocycles. The highest BCUT2D eigenvalue weighted by Crippen LogP contribution is 2.06. The van der Waals surface area contributed by atoms with Gasteiger partial charge in [0.05, 0.1) is 0 Å². The number of hydrogen-bond donors (Lipinski definition) is 0. The summed E-state index contributed by atoms with van der Waals surface area (Å²) < 4.78 is 17.1. The Morgan fingerprint density at radius 1 is 0.296 bits per heavy atom. The fourth-order valence-electron chi connectivity index (χ4n) is 3.09. The molecular weight excluding hydrogens is 336 g/mol. The topological polar surface area (TPSA) is 27.7 Å². The lowest BCUT2D eigenvalue weighted by molar-refractivity contribution is 0.0890. The maximum absolute atomic E-state index is 5.69. The van der Waals surface area contributed by atoms with Gasteiger partial charge in [-0.1, -0.05) is 78.1 Å². The van der Waals surface area contributed by atoms with Gasteiger partial charge in [-0.05, 0) is 38.5 Å². The Balaban J connectivity index is 2.95.